The monoisotopic (exact) mass is 280 g/mol. The lowest BCUT2D eigenvalue weighted by Gasteiger charge is -2.36. The van der Waals surface area contributed by atoms with Gasteiger partial charge in [-0.2, -0.15) is 5.26 Å². The predicted octanol–water partition coefficient (Wildman–Crippen LogP) is 2.07. The highest BCUT2D eigenvalue weighted by atomic mass is 15.2. The van der Waals surface area contributed by atoms with Crippen molar-refractivity contribution in [1.82, 2.24) is 15.1 Å². The quantitative estimate of drug-likeness (QED) is 0.739. The van der Waals surface area contributed by atoms with Gasteiger partial charge in [0.25, 0.3) is 0 Å². The molecule has 4 heteroatoms. The lowest BCUT2D eigenvalue weighted by atomic mass is 9.96. The molecule has 1 aliphatic heterocycles. The van der Waals surface area contributed by atoms with Gasteiger partial charge in [0.2, 0.25) is 0 Å². The Labute approximate surface area is 125 Å². The van der Waals surface area contributed by atoms with Crippen LogP contribution in [0.1, 0.15) is 46.0 Å². The minimum atomic E-state index is -0.361. The first kappa shape index (κ1) is 17.4. The normalized spacial score (nSPS) is 23.5. The van der Waals surface area contributed by atoms with Crippen molar-refractivity contribution in [1.29, 1.82) is 5.26 Å². The summed E-state index contributed by atoms with van der Waals surface area (Å²) in [7, 11) is 4.44. The Balaban J connectivity index is 2.29. The van der Waals surface area contributed by atoms with E-state index in [1.807, 2.05) is 6.92 Å². The molecule has 20 heavy (non-hydrogen) atoms. The van der Waals surface area contributed by atoms with E-state index in [2.05, 4.69) is 42.2 Å². The van der Waals surface area contributed by atoms with Crippen molar-refractivity contribution in [3.05, 3.63) is 0 Å². The molecular weight excluding hydrogens is 248 g/mol. The molecule has 1 N–H and O–H groups in total. The van der Waals surface area contributed by atoms with Crippen LogP contribution in [0.5, 0.6) is 0 Å². The zero-order valence-corrected chi connectivity index (χ0v) is 13.8. The molecule has 4 nitrogen and oxygen atoms in total. The molecule has 0 amide bonds. The van der Waals surface area contributed by atoms with Gasteiger partial charge < -0.3 is 9.80 Å². The van der Waals surface area contributed by atoms with Crippen molar-refractivity contribution in [2.24, 2.45) is 0 Å². The highest BCUT2D eigenvalue weighted by Crippen LogP contribution is 2.16. The number of likely N-dealkylation sites (tertiary alicyclic amines) is 1. The summed E-state index contributed by atoms with van der Waals surface area (Å²) in [6.07, 6.45) is 5.70. The molecule has 1 heterocycles. The molecule has 0 aromatic carbocycles. The SMILES string of the molecule is CCCNC(C)(C#N)CCCN(C)C1CCCN(C)C1. The van der Waals surface area contributed by atoms with Crippen LogP contribution in [0.2, 0.25) is 0 Å². The molecule has 0 aromatic rings. The maximum atomic E-state index is 9.33. The Hall–Kier alpha value is -0.630. The number of nitrogens with zero attached hydrogens (tertiary/aromatic N) is 3. The third-order valence-corrected chi connectivity index (χ3v) is 4.42. The van der Waals surface area contributed by atoms with Gasteiger partial charge in [-0.25, -0.2) is 0 Å². The van der Waals surface area contributed by atoms with Crippen LogP contribution in [-0.2, 0) is 0 Å². The third-order valence-electron chi connectivity index (χ3n) is 4.42. The summed E-state index contributed by atoms with van der Waals surface area (Å²) < 4.78 is 0. The van der Waals surface area contributed by atoms with Crippen LogP contribution in [0.3, 0.4) is 0 Å². The van der Waals surface area contributed by atoms with Crippen molar-refractivity contribution in [2.75, 3.05) is 40.3 Å². The molecule has 2 atom stereocenters. The van der Waals surface area contributed by atoms with Crippen LogP contribution in [0.15, 0.2) is 0 Å². The molecular formula is C16H32N4. The first-order valence-corrected chi connectivity index (χ1v) is 8.06. The highest BCUT2D eigenvalue weighted by molar-refractivity contribution is 5.03. The second kappa shape index (κ2) is 8.61. The molecule has 1 fully saturated rings. The fourth-order valence-corrected chi connectivity index (χ4v) is 2.95. The second-order valence-electron chi connectivity index (χ2n) is 6.51. The van der Waals surface area contributed by atoms with E-state index >= 15 is 0 Å². The first-order valence-electron chi connectivity index (χ1n) is 8.06. The van der Waals surface area contributed by atoms with E-state index in [1.165, 1.54) is 25.9 Å². The number of piperidine rings is 1. The summed E-state index contributed by atoms with van der Waals surface area (Å²) in [6.45, 7) is 8.59. The summed E-state index contributed by atoms with van der Waals surface area (Å²) in [5, 5.41) is 12.7. The van der Waals surface area contributed by atoms with E-state index in [1.54, 1.807) is 0 Å². The number of rotatable bonds is 8. The largest absolute Gasteiger partial charge is 0.305 e. The number of likely N-dealkylation sites (N-methyl/N-ethyl adjacent to an activating group) is 2. The fraction of sp³-hybridized carbons (Fsp3) is 0.938. The molecule has 0 aromatic heterocycles. The molecule has 1 saturated heterocycles. The van der Waals surface area contributed by atoms with Crippen molar-refractivity contribution in [2.45, 2.75) is 57.5 Å². The standard InChI is InChI=1S/C16H32N4/c1-5-10-18-16(2,14-17)9-7-12-20(4)15-8-6-11-19(3)13-15/h15,18H,5-13H2,1-4H3. The van der Waals surface area contributed by atoms with Gasteiger partial charge in [-0.3, -0.25) is 5.32 Å². The fourth-order valence-electron chi connectivity index (χ4n) is 2.95. The summed E-state index contributed by atoms with van der Waals surface area (Å²) in [5.74, 6) is 0. The van der Waals surface area contributed by atoms with Gasteiger partial charge in [0.05, 0.1) is 6.07 Å². The van der Waals surface area contributed by atoms with E-state index in [4.69, 9.17) is 0 Å². The lowest BCUT2D eigenvalue weighted by Crippen LogP contribution is -2.46. The zero-order valence-electron chi connectivity index (χ0n) is 13.8. The molecule has 116 valence electrons. The Bertz CT molecular complexity index is 312. The van der Waals surface area contributed by atoms with E-state index in [-0.39, 0.29) is 5.54 Å². The van der Waals surface area contributed by atoms with Crippen molar-refractivity contribution in [3.8, 4) is 6.07 Å². The van der Waals surface area contributed by atoms with Crippen molar-refractivity contribution in [3.63, 3.8) is 0 Å². The highest BCUT2D eigenvalue weighted by Gasteiger charge is 2.24. The van der Waals surface area contributed by atoms with E-state index in [0.29, 0.717) is 6.04 Å². The number of hydrogen-bond donors (Lipinski definition) is 1. The first-order chi connectivity index (χ1) is 9.50. The van der Waals surface area contributed by atoms with Gasteiger partial charge in [-0.1, -0.05) is 6.92 Å². The van der Waals surface area contributed by atoms with Crippen molar-refractivity contribution >= 4 is 0 Å². The lowest BCUT2D eigenvalue weighted by molar-refractivity contribution is 0.131. The smallest absolute Gasteiger partial charge is 0.103 e. The zero-order chi connectivity index (χ0) is 15.0. The van der Waals surface area contributed by atoms with Crippen LogP contribution in [-0.4, -0.2) is 61.7 Å². The average molecular weight is 280 g/mol. The number of hydrogen-bond acceptors (Lipinski definition) is 4. The number of nitriles is 1. The summed E-state index contributed by atoms with van der Waals surface area (Å²) in [4.78, 5) is 4.90. The molecule has 2 unspecified atom stereocenters. The molecule has 0 saturated carbocycles. The second-order valence-corrected chi connectivity index (χ2v) is 6.51. The van der Waals surface area contributed by atoms with Gasteiger partial charge in [0, 0.05) is 12.6 Å². The maximum Gasteiger partial charge on any atom is 0.103 e. The average Bonchev–Trinajstić information content (AvgIpc) is 2.45. The van der Waals surface area contributed by atoms with E-state index < -0.39 is 0 Å². The maximum absolute atomic E-state index is 9.33. The Morgan fingerprint density at radius 1 is 1.50 bits per heavy atom. The molecule has 0 spiro atoms. The van der Waals surface area contributed by atoms with Gasteiger partial charge >= 0.3 is 0 Å². The van der Waals surface area contributed by atoms with Crippen LogP contribution in [0.25, 0.3) is 0 Å². The summed E-state index contributed by atoms with van der Waals surface area (Å²) in [6, 6.07) is 3.12. The molecule has 0 radical (unpaired) electrons. The van der Waals surface area contributed by atoms with Gasteiger partial charge in [-0.05, 0) is 72.8 Å². The van der Waals surface area contributed by atoms with Crippen molar-refractivity contribution < 1.29 is 0 Å². The third kappa shape index (κ3) is 5.78. The Morgan fingerprint density at radius 2 is 2.25 bits per heavy atom. The topological polar surface area (TPSA) is 42.3 Å². The van der Waals surface area contributed by atoms with Crippen LogP contribution >= 0.6 is 0 Å². The minimum Gasteiger partial charge on any atom is -0.305 e. The molecule has 1 rings (SSSR count). The van der Waals surface area contributed by atoms with Crippen LogP contribution in [0.4, 0.5) is 0 Å². The Kier molecular flexibility index (Phi) is 7.50. The Morgan fingerprint density at radius 3 is 2.85 bits per heavy atom. The van der Waals surface area contributed by atoms with Crippen LogP contribution < -0.4 is 5.32 Å². The molecule has 0 bridgehead atoms. The predicted molar refractivity (Wildman–Crippen MR) is 84.7 cm³/mol. The molecule has 0 aliphatic carbocycles. The number of nitrogens with one attached hydrogen (secondary N) is 1. The minimum absolute atomic E-state index is 0.361. The summed E-state index contributed by atoms with van der Waals surface area (Å²) in [5.41, 5.74) is -0.361. The van der Waals surface area contributed by atoms with Gasteiger partial charge in [0.1, 0.15) is 5.54 Å². The van der Waals surface area contributed by atoms with E-state index in [0.717, 1.165) is 32.4 Å². The van der Waals surface area contributed by atoms with Gasteiger partial charge in [-0.15, -0.1) is 0 Å². The van der Waals surface area contributed by atoms with E-state index in [9.17, 15) is 5.26 Å². The van der Waals surface area contributed by atoms with Crippen LogP contribution in [0, 0.1) is 11.3 Å². The molecule has 1 aliphatic rings. The van der Waals surface area contributed by atoms with Gasteiger partial charge in [0.15, 0.2) is 0 Å². The summed E-state index contributed by atoms with van der Waals surface area (Å²) >= 11 is 0.